The van der Waals surface area contributed by atoms with Crippen molar-refractivity contribution >= 4 is 5.88 Å². The van der Waals surface area contributed by atoms with Crippen molar-refractivity contribution in [3.8, 4) is 6.07 Å². The van der Waals surface area contributed by atoms with Gasteiger partial charge in [-0.1, -0.05) is 6.07 Å². The molecule has 1 saturated heterocycles. The molecule has 0 atom stereocenters. The van der Waals surface area contributed by atoms with Crippen LogP contribution in [0, 0.1) is 11.3 Å². The lowest BCUT2D eigenvalue weighted by Crippen LogP contribution is -2.46. The maximum absolute atomic E-state index is 9.29. The van der Waals surface area contributed by atoms with Gasteiger partial charge < -0.3 is 9.32 Å². The van der Waals surface area contributed by atoms with Crippen LogP contribution >= 0.6 is 0 Å². The third-order valence-electron chi connectivity index (χ3n) is 4.45. The number of rotatable bonds is 4. The summed E-state index contributed by atoms with van der Waals surface area (Å²) >= 11 is 0. The molecule has 2 aliphatic rings. The van der Waals surface area contributed by atoms with Crippen molar-refractivity contribution in [2.75, 3.05) is 31.1 Å². The molecule has 1 aliphatic carbocycles. The van der Waals surface area contributed by atoms with E-state index in [9.17, 15) is 5.26 Å². The Bertz CT molecular complexity index is 708. The summed E-state index contributed by atoms with van der Waals surface area (Å²) in [7, 11) is 0. The van der Waals surface area contributed by atoms with Gasteiger partial charge in [0.25, 0.3) is 0 Å². The molecule has 2 aromatic heterocycles. The molecule has 0 spiro atoms. The van der Waals surface area contributed by atoms with Gasteiger partial charge in [0.1, 0.15) is 6.07 Å². The lowest BCUT2D eigenvalue weighted by molar-refractivity contribution is 0.245. The van der Waals surface area contributed by atoms with Crippen LogP contribution in [0.25, 0.3) is 0 Å². The summed E-state index contributed by atoms with van der Waals surface area (Å²) in [6, 6.07) is 6.25. The first-order valence-electron chi connectivity index (χ1n) is 8.10. The number of piperazine rings is 1. The second-order valence-corrected chi connectivity index (χ2v) is 6.22. The minimum Gasteiger partial charge on any atom is -0.423 e. The number of hydrogen-bond acceptors (Lipinski definition) is 6. The number of oxazole rings is 1. The number of anilines is 1. The molecule has 0 aromatic carbocycles. The first-order valence-corrected chi connectivity index (χ1v) is 8.10. The molecule has 118 valence electrons. The van der Waals surface area contributed by atoms with Gasteiger partial charge in [-0.05, 0) is 24.5 Å². The van der Waals surface area contributed by atoms with E-state index in [1.165, 1.54) is 5.56 Å². The standard InChI is InChI=1S/C17H19N5O/c18-10-15-17(23-16(20-15)14-3-4-14)22-8-6-21(7-9-22)12-13-2-1-5-19-11-13/h1-2,5,11,14H,3-4,6-9,12H2. The Morgan fingerprint density at radius 2 is 2.09 bits per heavy atom. The van der Waals surface area contributed by atoms with Crippen molar-refractivity contribution < 1.29 is 4.42 Å². The summed E-state index contributed by atoms with van der Waals surface area (Å²) in [5, 5.41) is 9.29. The Labute approximate surface area is 135 Å². The quantitative estimate of drug-likeness (QED) is 0.862. The second kappa shape index (κ2) is 6.01. The van der Waals surface area contributed by atoms with Crippen LogP contribution in [0.15, 0.2) is 28.9 Å². The van der Waals surface area contributed by atoms with Gasteiger partial charge in [0.05, 0.1) is 0 Å². The smallest absolute Gasteiger partial charge is 0.234 e. The highest BCUT2D eigenvalue weighted by Crippen LogP contribution is 2.41. The summed E-state index contributed by atoms with van der Waals surface area (Å²) in [5.41, 5.74) is 1.67. The van der Waals surface area contributed by atoms with Crippen LogP contribution in [-0.4, -0.2) is 41.0 Å². The van der Waals surface area contributed by atoms with Crippen LogP contribution in [0.1, 0.15) is 35.9 Å². The molecule has 6 heteroatoms. The van der Waals surface area contributed by atoms with Gasteiger partial charge in [-0.3, -0.25) is 9.88 Å². The van der Waals surface area contributed by atoms with Gasteiger partial charge in [-0.25, -0.2) is 4.98 Å². The molecular weight excluding hydrogens is 290 g/mol. The highest BCUT2D eigenvalue weighted by Gasteiger charge is 2.32. The van der Waals surface area contributed by atoms with Crippen molar-refractivity contribution in [1.29, 1.82) is 5.26 Å². The van der Waals surface area contributed by atoms with E-state index in [2.05, 4.69) is 31.9 Å². The average Bonchev–Trinajstić information content (AvgIpc) is 3.36. The molecule has 1 aliphatic heterocycles. The molecule has 0 unspecified atom stereocenters. The second-order valence-electron chi connectivity index (χ2n) is 6.22. The zero-order valence-corrected chi connectivity index (χ0v) is 13.0. The summed E-state index contributed by atoms with van der Waals surface area (Å²) in [6.07, 6.45) is 5.97. The highest BCUT2D eigenvalue weighted by atomic mass is 16.4. The molecule has 2 aromatic rings. The summed E-state index contributed by atoms with van der Waals surface area (Å²) in [5.74, 6) is 1.84. The zero-order valence-electron chi connectivity index (χ0n) is 13.0. The fraction of sp³-hybridized carbons (Fsp3) is 0.471. The van der Waals surface area contributed by atoms with Crippen LogP contribution in [0.5, 0.6) is 0 Å². The van der Waals surface area contributed by atoms with Crippen LogP contribution in [0.4, 0.5) is 5.88 Å². The number of pyridine rings is 1. The van der Waals surface area contributed by atoms with Crippen molar-refractivity contribution in [3.05, 3.63) is 41.7 Å². The topological polar surface area (TPSA) is 69.2 Å². The van der Waals surface area contributed by atoms with E-state index in [-0.39, 0.29) is 0 Å². The molecule has 1 saturated carbocycles. The lowest BCUT2D eigenvalue weighted by atomic mass is 10.2. The lowest BCUT2D eigenvalue weighted by Gasteiger charge is -2.34. The Morgan fingerprint density at radius 1 is 1.26 bits per heavy atom. The number of nitrogens with zero attached hydrogens (tertiary/aromatic N) is 5. The SMILES string of the molecule is N#Cc1nc(C2CC2)oc1N1CCN(Cc2cccnc2)CC1. The van der Waals surface area contributed by atoms with E-state index in [1.54, 1.807) is 6.20 Å². The van der Waals surface area contributed by atoms with Gasteiger partial charge in [-0.2, -0.15) is 5.26 Å². The third kappa shape index (κ3) is 3.06. The minimum atomic E-state index is 0.433. The first kappa shape index (κ1) is 14.2. The van der Waals surface area contributed by atoms with Crippen LogP contribution in [0.2, 0.25) is 0 Å². The Kier molecular flexibility index (Phi) is 3.72. The number of aromatic nitrogens is 2. The highest BCUT2D eigenvalue weighted by molar-refractivity contribution is 5.48. The number of nitriles is 1. The average molecular weight is 309 g/mol. The minimum absolute atomic E-state index is 0.433. The zero-order chi connectivity index (χ0) is 15.6. The predicted molar refractivity (Wildman–Crippen MR) is 84.9 cm³/mol. The van der Waals surface area contributed by atoms with Crippen LogP contribution in [-0.2, 0) is 6.54 Å². The molecule has 2 fully saturated rings. The van der Waals surface area contributed by atoms with Crippen LogP contribution in [0.3, 0.4) is 0 Å². The molecule has 0 N–H and O–H groups in total. The molecule has 0 radical (unpaired) electrons. The normalized spacial score (nSPS) is 18.8. The van der Waals surface area contributed by atoms with E-state index in [1.807, 2.05) is 12.3 Å². The summed E-state index contributed by atoms with van der Waals surface area (Å²) < 4.78 is 5.89. The monoisotopic (exact) mass is 309 g/mol. The van der Waals surface area contributed by atoms with E-state index in [0.717, 1.165) is 51.5 Å². The molecule has 23 heavy (non-hydrogen) atoms. The summed E-state index contributed by atoms with van der Waals surface area (Å²) in [6.45, 7) is 4.51. The van der Waals surface area contributed by atoms with Gasteiger partial charge in [0.2, 0.25) is 17.5 Å². The third-order valence-corrected chi connectivity index (χ3v) is 4.45. The molecule has 0 amide bonds. The maximum atomic E-state index is 9.29. The molecule has 0 bridgehead atoms. The Morgan fingerprint density at radius 3 is 2.74 bits per heavy atom. The fourth-order valence-corrected chi connectivity index (χ4v) is 2.98. The van der Waals surface area contributed by atoms with Gasteiger partial charge in [-0.15, -0.1) is 0 Å². The maximum Gasteiger partial charge on any atom is 0.234 e. The van der Waals surface area contributed by atoms with E-state index in [0.29, 0.717) is 17.5 Å². The summed E-state index contributed by atoms with van der Waals surface area (Å²) in [4.78, 5) is 13.1. The molecule has 6 nitrogen and oxygen atoms in total. The van der Waals surface area contributed by atoms with Crippen LogP contribution < -0.4 is 4.90 Å². The van der Waals surface area contributed by atoms with Gasteiger partial charge in [0, 0.05) is 51.0 Å². The van der Waals surface area contributed by atoms with Crippen molar-refractivity contribution in [2.24, 2.45) is 0 Å². The fourth-order valence-electron chi connectivity index (χ4n) is 2.98. The van der Waals surface area contributed by atoms with E-state index in [4.69, 9.17) is 4.42 Å². The molecular formula is C17H19N5O. The predicted octanol–water partition coefficient (Wildman–Crippen LogP) is 2.14. The van der Waals surface area contributed by atoms with E-state index < -0.39 is 0 Å². The molecule has 4 rings (SSSR count). The van der Waals surface area contributed by atoms with Crippen molar-refractivity contribution in [1.82, 2.24) is 14.9 Å². The van der Waals surface area contributed by atoms with Crippen molar-refractivity contribution in [3.63, 3.8) is 0 Å². The first-order chi connectivity index (χ1) is 11.3. The van der Waals surface area contributed by atoms with Crippen molar-refractivity contribution in [2.45, 2.75) is 25.3 Å². The van der Waals surface area contributed by atoms with E-state index >= 15 is 0 Å². The van der Waals surface area contributed by atoms with Gasteiger partial charge in [0.15, 0.2) is 0 Å². The Hall–Kier alpha value is -2.39. The Balaban J connectivity index is 1.40. The molecule has 3 heterocycles. The largest absolute Gasteiger partial charge is 0.423 e. The van der Waals surface area contributed by atoms with Gasteiger partial charge >= 0.3 is 0 Å². The number of hydrogen-bond donors (Lipinski definition) is 0.